The van der Waals surface area contributed by atoms with E-state index in [4.69, 9.17) is 9.26 Å². The molecule has 0 aliphatic carbocycles. The fraction of sp³-hybridized carbons (Fsp3) is 0.130. The van der Waals surface area contributed by atoms with Crippen LogP contribution in [-0.4, -0.2) is 21.3 Å². The number of aryl methyl sites for hydroxylation is 2. The zero-order valence-electron chi connectivity index (χ0n) is 16.6. The van der Waals surface area contributed by atoms with Gasteiger partial charge in [0.1, 0.15) is 18.1 Å². The van der Waals surface area contributed by atoms with Crippen LogP contribution < -0.4 is 10.1 Å². The molecule has 30 heavy (non-hydrogen) atoms. The third kappa shape index (κ3) is 4.35. The molecule has 2 aromatic heterocycles. The molecular formula is C23H20N4O3. The highest BCUT2D eigenvalue weighted by Gasteiger charge is 2.15. The lowest BCUT2D eigenvalue weighted by atomic mass is 10.1. The molecule has 0 aliphatic heterocycles. The maximum absolute atomic E-state index is 12.3. The molecule has 0 saturated carbocycles. The zero-order chi connectivity index (χ0) is 20.9. The molecule has 0 saturated heterocycles. The Morgan fingerprint density at radius 2 is 1.73 bits per heavy atom. The van der Waals surface area contributed by atoms with E-state index in [0.29, 0.717) is 23.0 Å². The van der Waals surface area contributed by atoms with Crippen molar-refractivity contribution < 1.29 is 14.1 Å². The van der Waals surface area contributed by atoms with E-state index in [2.05, 4.69) is 20.7 Å². The molecule has 0 unspecified atom stereocenters. The van der Waals surface area contributed by atoms with Crippen molar-refractivity contribution in [2.75, 3.05) is 5.32 Å². The van der Waals surface area contributed by atoms with Crippen LogP contribution in [0.25, 0.3) is 11.3 Å². The first-order valence-electron chi connectivity index (χ1n) is 9.45. The second kappa shape index (κ2) is 8.57. The van der Waals surface area contributed by atoms with Gasteiger partial charge in [0.25, 0.3) is 5.91 Å². The third-order valence-electron chi connectivity index (χ3n) is 4.59. The molecule has 2 aromatic carbocycles. The molecule has 0 aliphatic rings. The third-order valence-corrected chi connectivity index (χ3v) is 4.59. The molecule has 150 valence electrons. The minimum Gasteiger partial charge on any atom is -0.472 e. The Hall–Kier alpha value is -4.00. The summed E-state index contributed by atoms with van der Waals surface area (Å²) in [6.45, 7) is 4.05. The van der Waals surface area contributed by atoms with E-state index in [1.165, 1.54) is 0 Å². The Morgan fingerprint density at radius 3 is 2.43 bits per heavy atom. The highest BCUT2D eigenvalue weighted by Crippen LogP contribution is 2.26. The number of benzene rings is 2. The van der Waals surface area contributed by atoms with Crippen LogP contribution in [0.1, 0.15) is 27.2 Å². The SMILES string of the molecule is Cc1ccc(C(=O)Nc2ccc(OCc3c(-c4ccccc4)noc3C)nn2)cc1. The summed E-state index contributed by atoms with van der Waals surface area (Å²) in [6, 6.07) is 20.4. The number of carbonyl (C=O) groups is 1. The summed E-state index contributed by atoms with van der Waals surface area (Å²) >= 11 is 0. The molecule has 2 heterocycles. The molecule has 4 rings (SSSR count). The molecule has 0 radical (unpaired) electrons. The van der Waals surface area contributed by atoms with Crippen molar-refractivity contribution in [1.29, 1.82) is 0 Å². The van der Waals surface area contributed by atoms with Gasteiger partial charge in [-0.05, 0) is 32.0 Å². The van der Waals surface area contributed by atoms with Gasteiger partial charge in [0.05, 0.1) is 5.56 Å². The number of hydrogen-bond donors (Lipinski definition) is 1. The van der Waals surface area contributed by atoms with Gasteiger partial charge in [0.15, 0.2) is 5.82 Å². The normalized spacial score (nSPS) is 10.6. The van der Waals surface area contributed by atoms with E-state index < -0.39 is 0 Å². The first-order chi connectivity index (χ1) is 14.6. The maximum Gasteiger partial charge on any atom is 0.256 e. The van der Waals surface area contributed by atoms with Crippen LogP contribution in [0.3, 0.4) is 0 Å². The summed E-state index contributed by atoms with van der Waals surface area (Å²) in [5.41, 5.74) is 4.18. The zero-order valence-corrected chi connectivity index (χ0v) is 16.6. The fourth-order valence-electron chi connectivity index (χ4n) is 2.89. The Labute approximate surface area is 173 Å². The summed E-state index contributed by atoms with van der Waals surface area (Å²) in [5, 5.41) is 14.9. The number of rotatable bonds is 6. The number of nitrogens with one attached hydrogen (secondary N) is 1. The van der Waals surface area contributed by atoms with E-state index in [9.17, 15) is 4.79 Å². The Bertz CT molecular complexity index is 1140. The molecular weight excluding hydrogens is 380 g/mol. The highest BCUT2D eigenvalue weighted by atomic mass is 16.5. The fourth-order valence-corrected chi connectivity index (χ4v) is 2.89. The smallest absolute Gasteiger partial charge is 0.256 e. The van der Waals surface area contributed by atoms with Crippen LogP contribution in [-0.2, 0) is 6.61 Å². The molecule has 1 N–H and O–H groups in total. The van der Waals surface area contributed by atoms with Gasteiger partial charge in [0.2, 0.25) is 5.88 Å². The molecule has 0 fully saturated rings. The maximum atomic E-state index is 12.3. The summed E-state index contributed by atoms with van der Waals surface area (Å²) in [6.07, 6.45) is 0. The summed E-state index contributed by atoms with van der Waals surface area (Å²) < 4.78 is 11.1. The second-order valence-electron chi connectivity index (χ2n) is 6.80. The minimum atomic E-state index is -0.245. The van der Waals surface area contributed by atoms with Crippen molar-refractivity contribution in [2.45, 2.75) is 20.5 Å². The van der Waals surface area contributed by atoms with Crippen molar-refractivity contribution in [1.82, 2.24) is 15.4 Å². The lowest BCUT2D eigenvalue weighted by Gasteiger charge is -2.07. The van der Waals surface area contributed by atoms with E-state index >= 15 is 0 Å². The van der Waals surface area contributed by atoms with Gasteiger partial charge < -0.3 is 14.6 Å². The van der Waals surface area contributed by atoms with Crippen LogP contribution in [0, 0.1) is 13.8 Å². The molecule has 0 spiro atoms. The molecule has 4 aromatic rings. The van der Waals surface area contributed by atoms with Crippen LogP contribution in [0.4, 0.5) is 5.82 Å². The number of anilines is 1. The lowest BCUT2D eigenvalue weighted by molar-refractivity contribution is 0.102. The van der Waals surface area contributed by atoms with Crippen LogP contribution in [0.15, 0.2) is 71.3 Å². The first kappa shape index (κ1) is 19.3. The molecule has 0 atom stereocenters. The van der Waals surface area contributed by atoms with Gasteiger partial charge in [-0.2, -0.15) is 0 Å². The van der Waals surface area contributed by atoms with Crippen molar-refractivity contribution in [3.05, 3.63) is 89.2 Å². The van der Waals surface area contributed by atoms with E-state index in [0.717, 1.165) is 22.4 Å². The van der Waals surface area contributed by atoms with Gasteiger partial charge in [-0.25, -0.2) is 0 Å². The lowest BCUT2D eigenvalue weighted by Crippen LogP contribution is -2.13. The Kier molecular flexibility index (Phi) is 5.52. The highest BCUT2D eigenvalue weighted by molar-refractivity contribution is 6.03. The average molecular weight is 400 g/mol. The quantitative estimate of drug-likeness (QED) is 0.509. The minimum absolute atomic E-state index is 0.239. The van der Waals surface area contributed by atoms with E-state index in [1.807, 2.05) is 56.3 Å². The number of ether oxygens (including phenoxy) is 1. The number of aromatic nitrogens is 3. The van der Waals surface area contributed by atoms with Crippen molar-refractivity contribution in [2.24, 2.45) is 0 Å². The summed E-state index contributed by atoms with van der Waals surface area (Å²) in [4.78, 5) is 12.3. The van der Waals surface area contributed by atoms with Crippen molar-refractivity contribution >= 4 is 11.7 Å². The van der Waals surface area contributed by atoms with Gasteiger partial charge >= 0.3 is 0 Å². The first-order valence-corrected chi connectivity index (χ1v) is 9.45. The largest absolute Gasteiger partial charge is 0.472 e. The monoisotopic (exact) mass is 400 g/mol. The van der Waals surface area contributed by atoms with Crippen molar-refractivity contribution in [3.63, 3.8) is 0 Å². The molecule has 1 amide bonds. The topological polar surface area (TPSA) is 90.1 Å². The predicted octanol–water partition coefficient (Wildman–Crippen LogP) is 4.58. The van der Waals surface area contributed by atoms with Crippen molar-refractivity contribution in [3.8, 4) is 17.1 Å². The van der Waals surface area contributed by atoms with Gasteiger partial charge in [0, 0.05) is 17.2 Å². The van der Waals surface area contributed by atoms with Crippen LogP contribution in [0.5, 0.6) is 5.88 Å². The van der Waals surface area contributed by atoms with E-state index in [-0.39, 0.29) is 12.5 Å². The average Bonchev–Trinajstić information content (AvgIpc) is 3.14. The number of amides is 1. The number of carbonyl (C=O) groups excluding carboxylic acids is 1. The van der Waals surface area contributed by atoms with Crippen LogP contribution in [0.2, 0.25) is 0 Å². The predicted molar refractivity (Wildman–Crippen MR) is 112 cm³/mol. The molecule has 7 heteroatoms. The molecule has 7 nitrogen and oxygen atoms in total. The standard InChI is InChI=1S/C23H20N4O3/c1-15-8-10-18(11-9-15)23(28)24-20-12-13-21(26-25-20)29-14-19-16(2)30-27-22(19)17-6-4-3-5-7-17/h3-13H,14H2,1-2H3,(H,24,25,28). The molecule has 0 bridgehead atoms. The Morgan fingerprint density at radius 1 is 0.967 bits per heavy atom. The number of hydrogen-bond acceptors (Lipinski definition) is 6. The van der Waals surface area contributed by atoms with Gasteiger partial charge in [-0.15, -0.1) is 10.2 Å². The summed E-state index contributed by atoms with van der Waals surface area (Å²) in [7, 11) is 0. The summed E-state index contributed by atoms with van der Waals surface area (Å²) in [5.74, 6) is 1.12. The second-order valence-corrected chi connectivity index (χ2v) is 6.80. The van der Waals surface area contributed by atoms with Gasteiger partial charge in [-0.3, -0.25) is 4.79 Å². The van der Waals surface area contributed by atoms with Gasteiger partial charge in [-0.1, -0.05) is 53.2 Å². The Balaban J connectivity index is 1.41. The number of nitrogens with zero attached hydrogens (tertiary/aromatic N) is 3. The van der Waals surface area contributed by atoms with Crippen LogP contribution >= 0.6 is 0 Å². The van der Waals surface area contributed by atoms with E-state index in [1.54, 1.807) is 24.3 Å².